The maximum Gasteiger partial charge on any atom is 0.248 e. The third-order valence-corrected chi connectivity index (χ3v) is 5.23. The zero-order valence-electron chi connectivity index (χ0n) is 13.3. The number of rotatable bonds is 5. The van der Waals surface area contributed by atoms with Crippen LogP contribution in [0.1, 0.15) is 10.7 Å². The average molecular weight is 325 g/mol. The number of hydrogen-bond donors (Lipinski definition) is 0. The summed E-state index contributed by atoms with van der Waals surface area (Å²) in [5.74, 6) is 0.360. The number of aromatic nitrogens is 1. The van der Waals surface area contributed by atoms with Gasteiger partial charge in [-0.15, -0.1) is 11.3 Å². The Morgan fingerprint density at radius 3 is 3.05 bits per heavy atom. The Morgan fingerprint density at radius 2 is 2.36 bits per heavy atom. The van der Waals surface area contributed by atoms with Gasteiger partial charge in [0.25, 0.3) is 0 Å². The second kappa shape index (κ2) is 6.62. The summed E-state index contributed by atoms with van der Waals surface area (Å²) < 4.78 is 11.5. The van der Waals surface area contributed by atoms with Crippen LogP contribution in [0, 0.1) is 12.8 Å². The number of ether oxygens (including phenoxy) is 2. The summed E-state index contributed by atoms with van der Waals surface area (Å²) in [7, 11) is 3.50. The van der Waals surface area contributed by atoms with E-state index in [1.807, 2.05) is 6.92 Å². The van der Waals surface area contributed by atoms with Gasteiger partial charge in [0.2, 0.25) is 5.91 Å². The smallest absolute Gasteiger partial charge is 0.248 e. The van der Waals surface area contributed by atoms with Crippen LogP contribution in [0.3, 0.4) is 0 Å². The molecule has 2 aliphatic heterocycles. The Labute approximate surface area is 135 Å². The maximum absolute atomic E-state index is 11.7. The number of carbonyl (C=O) groups excluding carboxylic acids is 1. The van der Waals surface area contributed by atoms with Crippen LogP contribution >= 0.6 is 11.3 Å². The van der Waals surface area contributed by atoms with Crippen LogP contribution in [0.2, 0.25) is 0 Å². The van der Waals surface area contributed by atoms with Gasteiger partial charge < -0.3 is 14.4 Å². The molecular weight excluding hydrogens is 302 g/mol. The van der Waals surface area contributed by atoms with Crippen molar-refractivity contribution >= 4 is 17.2 Å². The zero-order valence-corrected chi connectivity index (χ0v) is 14.1. The molecule has 0 spiro atoms. The highest BCUT2D eigenvalue weighted by Crippen LogP contribution is 2.33. The van der Waals surface area contributed by atoms with Crippen molar-refractivity contribution in [1.29, 1.82) is 0 Å². The summed E-state index contributed by atoms with van der Waals surface area (Å²) in [6, 6.07) is 0.376. The Kier molecular flexibility index (Phi) is 4.77. The van der Waals surface area contributed by atoms with Crippen molar-refractivity contribution in [1.82, 2.24) is 14.8 Å². The molecule has 122 valence electrons. The van der Waals surface area contributed by atoms with E-state index < -0.39 is 0 Å². The van der Waals surface area contributed by atoms with Crippen molar-refractivity contribution in [2.24, 2.45) is 5.92 Å². The predicted molar refractivity (Wildman–Crippen MR) is 83.8 cm³/mol. The van der Waals surface area contributed by atoms with E-state index in [0.29, 0.717) is 12.0 Å². The second-order valence-electron chi connectivity index (χ2n) is 6.19. The molecule has 0 bridgehead atoms. The number of likely N-dealkylation sites (tertiary alicyclic amines) is 1. The van der Waals surface area contributed by atoms with Crippen LogP contribution in [-0.2, 0) is 20.8 Å². The molecule has 3 atom stereocenters. The first-order valence-corrected chi connectivity index (χ1v) is 8.47. The first kappa shape index (κ1) is 15.9. The lowest BCUT2D eigenvalue weighted by atomic mass is 10.0. The summed E-state index contributed by atoms with van der Waals surface area (Å²) in [4.78, 5) is 20.2. The van der Waals surface area contributed by atoms with Crippen LogP contribution in [0.25, 0.3) is 0 Å². The Balaban J connectivity index is 1.60. The average Bonchev–Trinajstić information content (AvgIpc) is 3.15. The number of hydrogen-bond acceptors (Lipinski definition) is 6. The standard InChI is InChI=1S/C15H23N3O3S/c1-10-16-11(9-22-10)4-18-5-14(12-6-20-7-13(12)18)21-8-15(19)17(2)3/h9,12-14H,4-8H2,1-3H3/t12-,13+,14-/m1/s1. The minimum atomic E-state index is 0.00374. The third-order valence-electron chi connectivity index (χ3n) is 4.41. The molecule has 3 heterocycles. The SMILES string of the molecule is Cc1nc(CN2C[C@@H](OCC(=O)N(C)C)[C@@H]3COC[C@@H]32)cs1. The third kappa shape index (κ3) is 3.32. The molecule has 3 rings (SSSR count). The van der Waals surface area contributed by atoms with E-state index in [1.54, 1.807) is 30.3 Å². The molecule has 1 amide bonds. The molecule has 1 aromatic rings. The highest BCUT2D eigenvalue weighted by Gasteiger charge is 2.46. The van der Waals surface area contributed by atoms with Crippen LogP contribution in [0.5, 0.6) is 0 Å². The lowest BCUT2D eigenvalue weighted by molar-refractivity contribution is -0.136. The van der Waals surface area contributed by atoms with E-state index in [4.69, 9.17) is 9.47 Å². The molecule has 7 heteroatoms. The number of amides is 1. The zero-order chi connectivity index (χ0) is 15.7. The van der Waals surface area contributed by atoms with Crippen molar-refractivity contribution in [3.8, 4) is 0 Å². The fraction of sp³-hybridized carbons (Fsp3) is 0.733. The molecule has 0 aliphatic carbocycles. The minimum absolute atomic E-state index is 0.00374. The molecule has 22 heavy (non-hydrogen) atoms. The van der Waals surface area contributed by atoms with Gasteiger partial charge in [-0.3, -0.25) is 9.69 Å². The quantitative estimate of drug-likeness (QED) is 0.800. The van der Waals surface area contributed by atoms with Gasteiger partial charge in [-0.2, -0.15) is 0 Å². The monoisotopic (exact) mass is 325 g/mol. The van der Waals surface area contributed by atoms with Crippen LogP contribution in [-0.4, -0.2) is 73.3 Å². The Hall–Kier alpha value is -1.02. The van der Waals surface area contributed by atoms with Crippen molar-refractivity contribution in [3.63, 3.8) is 0 Å². The van der Waals surface area contributed by atoms with Gasteiger partial charge in [0.05, 0.1) is 30.0 Å². The number of likely N-dealkylation sites (N-methyl/N-ethyl adjacent to an activating group) is 1. The molecule has 0 aromatic carbocycles. The molecule has 2 saturated heterocycles. The predicted octanol–water partition coefficient (Wildman–Crippen LogP) is 0.756. The molecule has 0 unspecified atom stereocenters. The fourth-order valence-corrected chi connectivity index (χ4v) is 3.75. The van der Waals surface area contributed by atoms with Crippen LogP contribution < -0.4 is 0 Å². The van der Waals surface area contributed by atoms with Gasteiger partial charge in [-0.05, 0) is 6.92 Å². The molecular formula is C15H23N3O3S. The van der Waals surface area contributed by atoms with E-state index in [1.165, 1.54) is 0 Å². The Bertz CT molecular complexity index is 534. The van der Waals surface area contributed by atoms with Crippen LogP contribution in [0.4, 0.5) is 0 Å². The number of fused-ring (bicyclic) bond motifs is 1. The Morgan fingerprint density at radius 1 is 1.55 bits per heavy atom. The number of nitrogens with zero attached hydrogens (tertiary/aromatic N) is 3. The van der Waals surface area contributed by atoms with Crippen LogP contribution in [0.15, 0.2) is 5.38 Å². The molecule has 0 radical (unpaired) electrons. The summed E-state index contributed by atoms with van der Waals surface area (Å²) >= 11 is 1.68. The summed E-state index contributed by atoms with van der Waals surface area (Å²) in [5.41, 5.74) is 1.11. The highest BCUT2D eigenvalue weighted by atomic mass is 32.1. The summed E-state index contributed by atoms with van der Waals surface area (Å²) in [6.07, 6.45) is 0.0659. The maximum atomic E-state index is 11.7. The largest absolute Gasteiger partial charge is 0.379 e. The van der Waals surface area contributed by atoms with Gasteiger partial charge in [0.1, 0.15) is 6.61 Å². The normalized spacial score (nSPS) is 28.0. The van der Waals surface area contributed by atoms with Gasteiger partial charge in [0, 0.05) is 44.5 Å². The lowest BCUT2D eigenvalue weighted by Gasteiger charge is -2.20. The molecule has 6 nitrogen and oxygen atoms in total. The fourth-order valence-electron chi connectivity index (χ4n) is 3.15. The topological polar surface area (TPSA) is 54.9 Å². The van der Waals surface area contributed by atoms with E-state index in [9.17, 15) is 4.79 Å². The first-order valence-electron chi connectivity index (χ1n) is 7.59. The number of carbonyl (C=O) groups is 1. The van der Waals surface area contributed by atoms with E-state index >= 15 is 0 Å². The van der Waals surface area contributed by atoms with Gasteiger partial charge >= 0.3 is 0 Å². The van der Waals surface area contributed by atoms with E-state index in [2.05, 4.69) is 15.3 Å². The molecule has 2 aliphatic rings. The van der Waals surface area contributed by atoms with E-state index in [-0.39, 0.29) is 18.6 Å². The minimum Gasteiger partial charge on any atom is -0.379 e. The highest BCUT2D eigenvalue weighted by molar-refractivity contribution is 7.09. The van der Waals surface area contributed by atoms with Crippen molar-refractivity contribution < 1.29 is 14.3 Å². The second-order valence-corrected chi connectivity index (χ2v) is 7.26. The summed E-state index contributed by atoms with van der Waals surface area (Å²) in [5, 5.41) is 3.21. The van der Waals surface area contributed by atoms with Crippen molar-refractivity contribution in [2.75, 3.05) is 40.5 Å². The lowest BCUT2D eigenvalue weighted by Crippen LogP contribution is -2.32. The molecule has 0 saturated carbocycles. The molecule has 0 N–H and O–H groups in total. The van der Waals surface area contributed by atoms with Crippen molar-refractivity contribution in [3.05, 3.63) is 16.1 Å². The first-order chi connectivity index (χ1) is 10.5. The summed E-state index contributed by atoms with van der Waals surface area (Å²) in [6.45, 7) is 5.31. The van der Waals surface area contributed by atoms with Crippen molar-refractivity contribution in [2.45, 2.75) is 25.6 Å². The van der Waals surface area contributed by atoms with Gasteiger partial charge in [-0.25, -0.2) is 4.98 Å². The van der Waals surface area contributed by atoms with E-state index in [0.717, 1.165) is 37.0 Å². The van der Waals surface area contributed by atoms with Gasteiger partial charge in [0.15, 0.2) is 0 Å². The molecule has 1 aromatic heterocycles. The number of thiazole rings is 1. The number of aryl methyl sites for hydroxylation is 1. The van der Waals surface area contributed by atoms with Gasteiger partial charge in [-0.1, -0.05) is 0 Å². The molecule has 2 fully saturated rings.